The molecule has 1 aliphatic carbocycles. The first kappa shape index (κ1) is 15.7. The van der Waals surface area contributed by atoms with Crippen molar-refractivity contribution in [1.82, 2.24) is 0 Å². The number of rotatable bonds is 9. The molecule has 0 fully saturated rings. The molecule has 0 spiro atoms. The largest absolute Gasteiger partial charge is 0.481 e. The number of hydrogen-bond donors (Lipinski definition) is 1. The molecule has 1 N–H and O–H groups in total. The van der Waals surface area contributed by atoms with Crippen molar-refractivity contribution >= 4 is 11.8 Å². The molecule has 0 aromatic heterocycles. The maximum atomic E-state index is 11.8. The highest BCUT2D eigenvalue weighted by atomic mass is 16.4. The molecule has 3 nitrogen and oxygen atoms in total. The van der Waals surface area contributed by atoms with Gasteiger partial charge in [0.15, 0.2) is 5.78 Å². The maximum absolute atomic E-state index is 11.8. The highest BCUT2D eigenvalue weighted by Gasteiger charge is 2.28. The molecule has 1 rings (SSSR count). The van der Waals surface area contributed by atoms with Crippen molar-refractivity contribution in [1.29, 1.82) is 0 Å². The lowest BCUT2D eigenvalue weighted by Crippen LogP contribution is -2.15. The molecule has 0 amide bonds. The van der Waals surface area contributed by atoms with Gasteiger partial charge in [-0.15, -0.1) is 0 Å². The van der Waals surface area contributed by atoms with Crippen molar-refractivity contribution in [3.63, 3.8) is 0 Å². The number of carboxylic acid groups (broad SMARTS) is 1. The van der Waals surface area contributed by atoms with Gasteiger partial charge in [-0.2, -0.15) is 0 Å². The number of hydrogen-bond acceptors (Lipinski definition) is 2. The fourth-order valence-corrected chi connectivity index (χ4v) is 2.52. The summed E-state index contributed by atoms with van der Waals surface area (Å²) < 4.78 is 0. The van der Waals surface area contributed by atoms with E-state index in [4.69, 9.17) is 5.11 Å². The molecule has 3 heteroatoms. The first-order chi connectivity index (χ1) is 9.15. The summed E-state index contributed by atoms with van der Waals surface area (Å²) >= 11 is 0. The Morgan fingerprint density at radius 3 is 2.79 bits per heavy atom. The molecule has 0 aromatic carbocycles. The molecular weight excluding hydrogens is 240 g/mol. The third kappa shape index (κ3) is 5.86. The van der Waals surface area contributed by atoms with Crippen LogP contribution in [0.25, 0.3) is 0 Å². The molecule has 19 heavy (non-hydrogen) atoms. The molecule has 0 heterocycles. The van der Waals surface area contributed by atoms with Gasteiger partial charge >= 0.3 is 5.97 Å². The molecule has 2 atom stereocenters. The van der Waals surface area contributed by atoms with Crippen molar-refractivity contribution in [2.24, 2.45) is 11.8 Å². The minimum atomic E-state index is -0.724. The second-order valence-corrected chi connectivity index (χ2v) is 5.14. The number of carboxylic acids is 1. The second kappa shape index (κ2) is 8.68. The van der Waals surface area contributed by atoms with Gasteiger partial charge in [0, 0.05) is 12.3 Å². The van der Waals surface area contributed by atoms with E-state index in [9.17, 15) is 9.59 Å². The Morgan fingerprint density at radius 1 is 1.32 bits per heavy atom. The van der Waals surface area contributed by atoms with Crippen LogP contribution in [0.1, 0.15) is 51.9 Å². The van der Waals surface area contributed by atoms with E-state index in [1.165, 1.54) is 0 Å². The van der Waals surface area contributed by atoms with Crippen LogP contribution >= 0.6 is 0 Å². The first-order valence-corrected chi connectivity index (χ1v) is 7.24. The van der Waals surface area contributed by atoms with E-state index in [-0.39, 0.29) is 18.1 Å². The average Bonchev–Trinajstić information content (AvgIpc) is 2.71. The molecule has 1 aliphatic rings. The summed E-state index contributed by atoms with van der Waals surface area (Å²) in [7, 11) is 0. The molecule has 0 bridgehead atoms. The summed E-state index contributed by atoms with van der Waals surface area (Å²) in [6, 6.07) is 0. The van der Waals surface area contributed by atoms with Gasteiger partial charge in [0.25, 0.3) is 0 Å². The maximum Gasteiger partial charge on any atom is 0.303 e. The normalized spacial score (nSPS) is 22.5. The predicted octanol–water partition coefficient (Wildman–Crippen LogP) is 3.75. The fraction of sp³-hybridized carbons (Fsp3) is 0.625. The van der Waals surface area contributed by atoms with E-state index in [0.717, 1.165) is 38.5 Å². The van der Waals surface area contributed by atoms with Crippen LogP contribution in [0.3, 0.4) is 0 Å². The number of aliphatic carboxylic acids is 1. The lowest BCUT2D eigenvalue weighted by molar-refractivity contribution is -0.137. The van der Waals surface area contributed by atoms with Crippen LogP contribution in [0.4, 0.5) is 0 Å². The standard InChI is InChI=1S/C16H24O3/c1-2-3-5-9-14-13(11-12-15(14)17)8-6-4-7-10-16(18)19/h3,5,11-14H,2,4,6-10H2,1H3,(H,18,19). The third-order valence-electron chi connectivity index (χ3n) is 3.61. The second-order valence-electron chi connectivity index (χ2n) is 5.14. The molecule has 0 aliphatic heterocycles. The van der Waals surface area contributed by atoms with Gasteiger partial charge in [0.2, 0.25) is 0 Å². The van der Waals surface area contributed by atoms with Crippen molar-refractivity contribution in [3.05, 3.63) is 24.3 Å². The molecule has 0 radical (unpaired) electrons. The summed E-state index contributed by atoms with van der Waals surface area (Å²) in [6.45, 7) is 2.09. The zero-order valence-corrected chi connectivity index (χ0v) is 11.7. The smallest absolute Gasteiger partial charge is 0.303 e. The van der Waals surface area contributed by atoms with Crippen molar-refractivity contribution in [3.8, 4) is 0 Å². The zero-order chi connectivity index (χ0) is 14.1. The SMILES string of the molecule is CCC=CCC1C(=O)C=CC1CCCCCC(=O)O. The van der Waals surface area contributed by atoms with Gasteiger partial charge in [0.05, 0.1) is 0 Å². The number of carbonyl (C=O) groups is 2. The number of unbranched alkanes of at least 4 members (excludes halogenated alkanes) is 2. The Hall–Kier alpha value is -1.38. The van der Waals surface area contributed by atoms with Gasteiger partial charge in [-0.3, -0.25) is 9.59 Å². The van der Waals surface area contributed by atoms with Gasteiger partial charge < -0.3 is 5.11 Å². The quantitative estimate of drug-likeness (QED) is 0.509. The van der Waals surface area contributed by atoms with E-state index >= 15 is 0 Å². The van der Waals surface area contributed by atoms with E-state index < -0.39 is 5.97 Å². The third-order valence-corrected chi connectivity index (χ3v) is 3.61. The Balaban J connectivity index is 2.27. The van der Waals surface area contributed by atoms with Crippen LogP contribution in [0.2, 0.25) is 0 Å². The van der Waals surface area contributed by atoms with Crippen LogP contribution in [0, 0.1) is 11.8 Å². The van der Waals surface area contributed by atoms with Crippen LogP contribution in [0.5, 0.6) is 0 Å². The minimum absolute atomic E-state index is 0.113. The Labute approximate surface area is 115 Å². The molecule has 106 valence electrons. The average molecular weight is 264 g/mol. The summed E-state index contributed by atoms with van der Waals surface area (Å²) in [5.74, 6) is -0.0177. The molecule has 0 aromatic rings. The van der Waals surface area contributed by atoms with E-state index in [2.05, 4.69) is 19.1 Å². The molecule has 0 saturated heterocycles. The predicted molar refractivity (Wildman–Crippen MR) is 75.9 cm³/mol. The van der Waals surface area contributed by atoms with Crippen molar-refractivity contribution in [2.75, 3.05) is 0 Å². The number of ketones is 1. The van der Waals surface area contributed by atoms with Crippen molar-refractivity contribution < 1.29 is 14.7 Å². The van der Waals surface area contributed by atoms with Gasteiger partial charge in [-0.25, -0.2) is 0 Å². The highest BCUT2D eigenvalue weighted by Crippen LogP contribution is 2.30. The van der Waals surface area contributed by atoms with Gasteiger partial charge in [-0.1, -0.05) is 38.0 Å². The Kier molecular flexibility index (Phi) is 7.16. The van der Waals surface area contributed by atoms with Crippen molar-refractivity contribution in [2.45, 2.75) is 51.9 Å². The lowest BCUT2D eigenvalue weighted by atomic mass is 9.87. The minimum Gasteiger partial charge on any atom is -0.481 e. The topological polar surface area (TPSA) is 54.4 Å². The highest BCUT2D eigenvalue weighted by molar-refractivity contribution is 5.94. The molecular formula is C16H24O3. The van der Waals surface area contributed by atoms with Gasteiger partial charge in [-0.05, 0) is 37.7 Å². The number of carbonyl (C=O) groups excluding carboxylic acids is 1. The van der Waals surface area contributed by atoms with Gasteiger partial charge in [0.1, 0.15) is 0 Å². The Bertz CT molecular complexity index is 355. The molecule has 0 saturated carbocycles. The van der Waals surface area contributed by atoms with Crippen LogP contribution in [-0.4, -0.2) is 16.9 Å². The van der Waals surface area contributed by atoms with E-state index in [1.807, 2.05) is 6.08 Å². The van der Waals surface area contributed by atoms with E-state index in [0.29, 0.717) is 5.92 Å². The summed E-state index contributed by atoms with van der Waals surface area (Å²) in [5, 5.41) is 8.56. The molecule has 2 unspecified atom stereocenters. The van der Waals surface area contributed by atoms with Crippen LogP contribution < -0.4 is 0 Å². The van der Waals surface area contributed by atoms with E-state index in [1.54, 1.807) is 6.08 Å². The lowest BCUT2D eigenvalue weighted by Gasteiger charge is -2.16. The monoisotopic (exact) mass is 264 g/mol. The Morgan fingerprint density at radius 2 is 2.11 bits per heavy atom. The summed E-state index contributed by atoms with van der Waals surface area (Å²) in [6.07, 6.45) is 13.7. The fourth-order valence-electron chi connectivity index (χ4n) is 2.52. The van der Waals surface area contributed by atoms with Crippen LogP contribution in [0.15, 0.2) is 24.3 Å². The number of allylic oxidation sites excluding steroid dienone is 4. The summed E-state index contributed by atoms with van der Waals surface area (Å²) in [4.78, 5) is 22.2. The van der Waals surface area contributed by atoms with Crippen LogP contribution in [-0.2, 0) is 9.59 Å². The first-order valence-electron chi connectivity index (χ1n) is 7.24. The summed E-state index contributed by atoms with van der Waals surface area (Å²) in [5.41, 5.74) is 0. The zero-order valence-electron chi connectivity index (χ0n) is 11.7.